The lowest BCUT2D eigenvalue weighted by Gasteiger charge is -2.30. The fraction of sp³-hybridized carbons (Fsp3) is 0.250. The summed E-state index contributed by atoms with van der Waals surface area (Å²) in [6, 6.07) is 12.2. The number of pyridine rings is 2. The fourth-order valence-electron chi connectivity index (χ4n) is 4.86. The van der Waals surface area contributed by atoms with Crippen LogP contribution in [0.3, 0.4) is 0 Å². The molecule has 0 spiro atoms. The summed E-state index contributed by atoms with van der Waals surface area (Å²) in [4.78, 5) is 26.2. The molecule has 0 bridgehead atoms. The Morgan fingerprint density at radius 1 is 1.09 bits per heavy atom. The molecule has 2 aliphatic heterocycles. The summed E-state index contributed by atoms with van der Waals surface area (Å²) in [6.45, 7) is 1.28. The lowest BCUT2D eigenvalue weighted by atomic mass is 10.0. The van der Waals surface area contributed by atoms with E-state index in [1.165, 1.54) is 12.1 Å². The first kappa shape index (κ1) is 19.7. The minimum atomic E-state index is -0.270. The Hall–Kier alpha value is -4.01. The zero-order chi connectivity index (χ0) is 22.5. The van der Waals surface area contributed by atoms with Gasteiger partial charge in [-0.2, -0.15) is 4.98 Å². The van der Waals surface area contributed by atoms with Gasteiger partial charge < -0.3 is 10.6 Å². The summed E-state index contributed by atoms with van der Waals surface area (Å²) >= 11 is 0. The Morgan fingerprint density at radius 2 is 1.94 bits per heavy atom. The number of carbonyl (C=O) groups excluding carboxylic acids is 1. The van der Waals surface area contributed by atoms with E-state index >= 15 is 0 Å². The molecule has 1 saturated heterocycles. The predicted molar refractivity (Wildman–Crippen MR) is 122 cm³/mol. The topological polar surface area (TPSA) is 92.6 Å². The molecule has 8 nitrogen and oxygen atoms in total. The molecule has 1 aromatic carbocycles. The number of urea groups is 1. The summed E-state index contributed by atoms with van der Waals surface area (Å²) in [5.41, 5.74) is 10.9. The first-order valence-electron chi connectivity index (χ1n) is 11.0. The molecule has 0 unspecified atom stereocenters. The van der Waals surface area contributed by atoms with Crippen molar-refractivity contribution in [3.05, 3.63) is 71.9 Å². The first-order chi connectivity index (χ1) is 16.1. The average molecular weight is 443 g/mol. The number of amides is 2. The zero-order valence-corrected chi connectivity index (χ0v) is 17.9. The third-order valence-corrected chi connectivity index (χ3v) is 6.48. The van der Waals surface area contributed by atoms with Crippen molar-refractivity contribution < 1.29 is 9.18 Å². The Kier molecular flexibility index (Phi) is 4.49. The predicted octanol–water partition coefficient (Wildman–Crippen LogP) is 3.83. The highest BCUT2D eigenvalue weighted by molar-refractivity contribution is 5.95. The Labute approximate surface area is 189 Å². The van der Waals surface area contributed by atoms with Gasteiger partial charge in [0.15, 0.2) is 5.65 Å². The Morgan fingerprint density at radius 3 is 2.79 bits per heavy atom. The molecule has 2 N–H and O–H groups in total. The minimum absolute atomic E-state index is 0.0276. The average Bonchev–Trinajstić information content (AvgIpc) is 3.55. The molecule has 9 heteroatoms. The molecular weight excluding hydrogens is 421 g/mol. The van der Waals surface area contributed by atoms with Gasteiger partial charge in [-0.1, -0.05) is 12.1 Å². The third-order valence-electron chi connectivity index (χ3n) is 6.48. The van der Waals surface area contributed by atoms with Crippen LogP contribution in [0.2, 0.25) is 0 Å². The number of nitrogens with two attached hydrogens (primary N) is 1. The van der Waals surface area contributed by atoms with Gasteiger partial charge >= 0.3 is 6.03 Å². The lowest BCUT2D eigenvalue weighted by molar-refractivity contribution is 0.200. The van der Waals surface area contributed by atoms with Crippen molar-refractivity contribution in [3.8, 4) is 11.1 Å². The van der Waals surface area contributed by atoms with E-state index in [-0.39, 0.29) is 23.8 Å². The van der Waals surface area contributed by atoms with Crippen LogP contribution < -0.4 is 10.6 Å². The molecule has 2 amide bonds. The number of fused-ring (bicyclic) bond motifs is 2. The zero-order valence-electron chi connectivity index (χ0n) is 17.9. The van der Waals surface area contributed by atoms with Crippen molar-refractivity contribution in [2.45, 2.75) is 25.3 Å². The van der Waals surface area contributed by atoms with Gasteiger partial charge in [0, 0.05) is 37.5 Å². The highest BCUT2D eigenvalue weighted by Gasteiger charge is 2.36. The van der Waals surface area contributed by atoms with Gasteiger partial charge in [0.05, 0.1) is 17.4 Å². The maximum atomic E-state index is 13.6. The summed E-state index contributed by atoms with van der Waals surface area (Å²) in [6.07, 6.45) is 6.15. The van der Waals surface area contributed by atoms with Gasteiger partial charge in [-0.25, -0.2) is 13.7 Å². The number of hydrogen-bond acceptors (Lipinski definition) is 5. The van der Waals surface area contributed by atoms with Gasteiger partial charge in [0.25, 0.3) is 0 Å². The number of nitrogen functional groups attached to an aromatic ring is 1. The number of benzene rings is 1. The van der Waals surface area contributed by atoms with E-state index in [1.54, 1.807) is 16.6 Å². The molecule has 4 aromatic rings. The van der Waals surface area contributed by atoms with Crippen LogP contribution in [-0.2, 0) is 6.42 Å². The number of likely N-dealkylation sites (tertiary alicyclic amines) is 1. The van der Waals surface area contributed by atoms with Gasteiger partial charge in [-0.3, -0.25) is 9.88 Å². The molecule has 33 heavy (non-hydrogen) atoms. The van der Waals surface area contributed by atoms with Gasteiger partial charge in [-0.15, -0.1) is 5.10 Å². The van der Waals surface area contributed by atoms with Crippen LogP contribution >= 0.6 is 0 Å². The number of rotatable bonds is 2. The van der Waals surface area contributed by atoms with Crippen LogP contribution in [0.1, 0.15) is 30.1 Å². The SMILES string of the molecule is Nc1nc2cc(-c3cnc4c(c3)N(C(=O)N3CCC[C@H]3c3ccc(F)cc3)CC4)ccn2n1. The smallest absolute Gasteiger partial charge is 0.325 e. The van der Waals surface area contributed by atoms with Crippen LogP contribution in [0, 0.1) is 5.82 Å². The molecule has 1 atom stereocenters. The monoisotopic (exact) mass is 443 g/mol. The number of carbonyl (C=O) groups is 1. The van der Waals surface area contributed by atoms with E-state index in [9.17, 15) is 9.18 Å². The van der Waals surface area contributed by atoms with Crippen molar-refractivity contribution in [2.75, 3.05) is 23.7 Å². The summed E-state index contributed by atoms with van der Waals surface area (Å²) in [5.74, 6) is -0.0500. The molecule has 1 fully saturated rings. The highest BCUT2D eigenvalue weighted by atomic mass is 19.1. The van der Waals surface area contributed by atoms with Crippen molar-refractivity contribution in [1.82, 2.24) is 24.5 Å². The lowest BCUT2D eigenvalue weighted by Crippen LogP contribution is -2.42. The molecule has 5 heterocycles. The van der Waals surface area contributed by atoms with Crippen LogP contribution in [0.25, 0.3) is 16.8 Å². The quantitative estimate of drug-likeness (QED) is 0.508. The first-order valence-corrected chi connectivity index (χ1v) is 11.0. The molecule has 166 valence electrons. The molecule has 2 aliphatic rings. The number of nitrogens with zero attached hydrogens (tertiary/aromatic N) is 6. The number of anilines is 2. The van der Waals surface area contributed by atoms with Crippen LogP contribution in [0.5, 0.6) is 0 Å². The molecular formula is C24H22FN7O. The number of hydrogen-bond donors (Lipinski definition) is 1. The summed E-state index contributed by atoms with van der Waals surface area (Å²) in [5, 5.41) is 4.11. The van der Waals surface area contributed by atoms with Crippen LogP contribution in [-0.4, -0.2) is 43.6 Å². The standard InChI is InChI=1S/C24H22FN7O/c25-18-5-3-15(4-6-18)20-2-1-9-30(20)24(33)31-10-8-19-21(31)12-17(14-27-19)16-7-11-32-22(13-16)28-23(26)29-32/h3-7,11-14,20H,1-2,8-10H2,(H2,26,29)/t20-/m0/s1. The van der Waals surface area contributed by atoms with Crippen LogP contribution in [0.15, 0.2) is 54.9 Å². The Balaban J connectivity index is 1.31. The van der Waals surface area contributed by atoms with Crippen molar-refractivity contribution >= 4 is 23.3 Å². The largest absolute Gasteiger partial charge is 0.366 e. The van der Waals surface area contributed by atoms with Crippen molar-refractivity contribution in [2.24, 2.45) is 0 Å². The van der Waals surface area contributed by atoms with E-state index in [0.717, 1.165) is 47.3 Å². The fourth-order valence-corrected chi connectivity index (χ4v) is 4.86. The second kappa shape index (κ2) is 7.54. The normalized spacial score (nSPS) is 17.7. The third kappa shape index (κ3) is 3.36. The number of aromatic nitrogens is 4. The molecule has 3 aromatic heterocycles. The maximum Gasteiger partial charge on any atom is 0.325 e. The summed E-state index contributed by atoms with van der Waals surface area (Å²) in [7, 11) is 0. The van der Waals surface area contributed by atoms with Gasteiger partial charge in [0.2, 0.25) is 5.95 Å². The van der Waals surface area contributed by atoms with Crippen molar-refractivity contribution in [3.63, 3.8) is 0 Å². The van der Waals surface area contributed by atoms with E-state index in [1.807, 2.05) is 40.4 Å². The minimum Gasteiger partial charge on any atom is -0.366 e. The summed E-state index contributed by atoms with van der Waals surface area (Å²) < 4.78 is 15.0. The van der Waals surface area contributed by atoms with E-state index in [4.69, 9.17) is 5.73 Å². The van der Waals surface area contributed by atoms with Crippen LogP contribution in [0.4, 0.5) is 20.8 Å². The second-order valence-corrected chi connectivity index (χ2v) is 8.47. The van der Waals surface area contributed by atoms with E-state index in [0.29, 0.717) is 18.7 Å². The Bertz CT molecular complexity index is 1370. The molecule has 6 rings (SSSR count). The molecule has 0 radical (unpaired) electrons. The molecule has 0 aliphatic carbocycles. The number of halogens is 1. The molecule has 0 saturated carbocycles. The highest BCUT2D eigenvalue weighted by Crippen LogP contribution is 2.37. The maximum absolute atomic E-state index is 13.6. The van der Waals surface area contributed by atoms with E-state index < -0.39 is 0 Å². The van der Waals surface area contributed by atoms with Gasteiger partial charge in [-0.05, 0) is 54.3 Å². The van der Waals surface area contributed by atoms with Crippen molar-refractivity contribution in [1.29, 1.82) is 0 Å². The second-order valence-electron chi connectivity index (χ2n) is 8.47. The van der Waals surface area contributed by atoms with Gasteiger partial charge in [0.1, 0.15) is 5.82 Å². The van der Waals surface area contributed by atoms with E-state index in [2.05, 4.69) is 15.1 Å².